The van der Waals surface area contributed by atoms with Crippen molar-refractivity contribution < 1.29 is 22.1 Å². The van der Waals surface area contributed by atoms with E-state index in [0.29, 0.717) is 5.69 Å². The van der Waals surface area contributed by atoms with Gasteiger partial charge in [0.1, 0.15) is 11.7 Å². The molecule has 0 saturated carbocycles. The highest BCUT2D eigenvalue weighted by Crippen LogP contribution is 2.32. The minimum atomic E-state index is -3.74. The van der Waals surface area contributed by atoms with Gasteiger partial charge in [-0.1, -0.05) is 36.4 Å². The molecule has 30 heavy (non-hydrogen) atoms. The number of nitrogens with zero attached hydrogens (tertiary/aromatic N) is 2. The molecule has 0 radical (unpaired) electrons. The lowest BCUT2D eigenvalue weighted by molar-refractivity contribution is 0.0112. The number of ether oxygens (including phenoxy) is 1. The topological polar surface area (TPSA) is 85.8 Å². The van der Waals surface area contributed by atoms with Crippen molar-refractivity contribution in [2.75, 3.05) is 12.8 Å². The highest BCUT2D eigenvalue weighted by Gasteiger charge is 2.34. The summed E-state index contributed by atoms with van der Waals surface area (Å²) in [5.41, 5.74) is 1.80. The van der Waals surface area contributed by atoms with Crippen molar-refractivity contribution >= 4 is 28.0 Å². The van der Waals surface area contributed by atoms with Crippen molar-refractivity contribution in [2.24, 2.45) is 0 Å². The lowest BCUT2D eigenvalue weighted by Crippen LogP contribution is -2.42. The van der Waals surface area contributed by atoms with E-state index < -0.39 is 27.9 Å². The third-order valence-corrected chi connectivity index (χ3v) is 5.79. The molecule has 9 heteroatoms. The summed E-state index contributed by atoms with van der Waals surface area (Å²) in [4.78, 5) is 18.6. The van der Waals surface area contributed by atoms with Crippen molar-refractivity contribution in [3.05, 3.63) is 59.3 Å². The fraction of sp³-hybridized carbons (Fsp3) is 0.429. The number of benzene rings is 1. The molecule has 0 bridgehead atoms. The lowest BCUT2D eigenvalue weighted by atomic mass is 10.0. The monoisotopic (exact) mass is 450 g/mol. The Balaban J connectivity index is 1.83. The van der Waals surface area contributed by atoms with Gasteiger partial charge in [-0.25, -0.2) is 9.78 Å². The molecule has 1 aliphatic heterocycles. The van der Waals surface area contributed by atoms with E-state index in [1.807, 2.05) is 42.5 Å². The normalized spacial score (nSPS) is 16.8. The van der Waals surface area contributed by atoms with Gasteiger partial charge in [0.25, 0.3) is 10.1 Å². The van der Waals surface area contributed by atoms with Crippen molar-refractivity contribution in [3.63, 3.8) is 0 Å². The predicted octanol–water partition coefficient (Wildman–Crippen LogP) is 4.14. The van der Waals surface area contributed by atoms with Crippen molar-refractivity contribution in [1.82, 2.24) is 9.88 Å². The minimum Gasteiger partial charge on any atom is -0.444 e. The molecule has 0 saturated heterocycles. The smallest absolute Gasteiger partial charge is 0.410 e. The molecular weight excluding hydrogens is 424 g/mol. The van der Waals surface area contributed by atoms with E-state index in [-0.39, 0.29) is 13.1 Å². The van der Waals surface area contributed by atoms with Crippen LogP contribution in [0.15, 0.2) is 47.5 Å². The molecule has 0 spiro atoms. The molecule has 2 heterocycles. The Hall–Kier alpha value is -2.10. The number of aromatic nitrogens is 1. The Bertz CT molecular complexity index is 1000. The van der Waals surface area contributed by atoms with Crippen molar-refractivity contribution in [1.29, 1.82) is 0 Å². The second-order valence-corrected chi connectivity index (χ2v) is 10.7. The van der Waals surface area contributed by atoms with Crippen LogP contribution in [-0.2, 0) is 31.3 Å². The maximum Gasteiger partial charge on any atom is 0.410 e. The van der Waals surface area contributed by atoms with Crippen molar-refractivity contribution in [3.8, 4) is 0 Å². The lowest BCUT2D eigenvalue weighted by Gasteiger charge is -2.34. The summed E-state index contributed by atoms with van der Waals surface area (Å²) in [6, 6.07) is 13.8. The van der Waals surface area contributed by atoms with Crippen LogP contribution >= 0.6 is 11.8 Å². The molecule has 7 nitrogen and oxygen atoms in total. The number of amides is 1. The first-order chi connectivity index (χ1) is 14.0. The number of carbonyl (C=O) groups is 1. The molecule has 162 valence electrons. The third kappa shape index (κ3) is 6.45. The average molecular weight is 451 g/mol. The van der Waals surface area contributed by atoms with Gasteiger partial charge < -0.3 is 9.64 Å². The highest BCUT2D eigenvalue weighted by atomic mass is 32.2. The molecule has 1 aromatic heterocycles. The van der Waals surface area contributed by atoms with E-state index in [9.17, 15) is 13.2 Å². The second kappa shape index (κ2) is 8.95. The Kier molecular flexibility index (Phi) is 6.74. The average Bonchev–Trinajstić information content (AvgIpc) is 2.64. The Labute approximate surface area is 181 Å². The molecule has 1 aromatic carbocycles. The highest BCUT2D eigenvalue weighted by molar-refractivity contribution is 7.98. The molecule has 0 N–H and O–H groups in total. The van der Waals surface area contributed by atoms with Crippen LogP contribution in [0.25, 0.3) is 0 Å². The first kappa shape index (κ1) is 22.6. The molecule has 1 atom stereocenters. The van der Waals surface area contributed by atoms with Gasteiger partial charge in [0.15, 0.2) is 0 Å². The molecule has 1 unspecified atom stereocenters. The number of thioether (sulfide) groups is 1. The zero-order valence-corrected chi connectivity index (χ0v) is 19.1. The van der Waals surface area contributed by atoms with Crippen molar-refractivity contribution in [2.45, 2.75) is 49.8 Å². The van der Waals surface area contributed by atoms with Gasteiger partial charge in [0, 0.05) is 5.75 Å². The Morgan fingerprint density at radius 3 is 2.53 bits per heavy atom. The van der Waals surface area contributed by atoms with Crippen LogP contribution in [0.5, 0.6) is 0 Å². The Morgan fingerprint density at radius 1 is 1.20 bits per heavy atom. The van der Waals surface area contributed by atoms with Gasteiger partial charge in [-0.05, 0) is 38.0 Å². The number of carbonyl (C=O) groups excluding carboxylic acids is 1. The Morgan fingerprint density at radius 2 is 1.90 bits per heavy atom. The van der Waals surface area contributed by atoms with Gasteiger partial charge in [0.2, 0.25) is 0 Å². The summed E-state index contributed by atoms with van der Waals surface area (Å²) in [6.07, 6.45) is -0.404. The molecule has 0 fully saturated rings. The van der Waals surface area contributed by atoms with Crippen LogP contribution in [-0.4, -0.2) is 42.8 Å². The fourth-order valence-electron chi connectivity index (χ4n) is 3.02. The maximum absolute atomic E-state index is 12.5. The van der Waals surface area contributed by atoms with Crippen LogP contribution in [0.1, 0.15) is 43.7 Å². The third-order valence-electron chi connectivity index (χ3n) is 4.21. The van der Waals surface area contributed by atoms with Crippen LogP contribution < -0.4 is 0 Å². The number of hydrogen-bond acceptors (Lipinski definition) is 7. The van der Waals surface area contributed by atoms with Crippen LogP contribution in [0.3, 0.4) is 0 Å². The SMILES string of the molecule is CC(C)(C)OC(=O)N1Cc2ccc(SCc3ccccc3)nc2C(OS(C)(=O)=O)C1. The number of hydrogen-bond donors (Lipinski definition) is 0. The van der Waals surface area contributed by atoms with E-state index in [2.05, 4.69) is 4.98 Å². The quantitative estimate of drug-likeness (QED) is 0.500. The van der Waals surface area contributed by atoms with Gasteiger partial charge in [-0.3, -0.25) is 4.18 Å². The summed E-state index contributed by atoms with van der Waals surface area (Å²) in [6.45, 7) is 5.68. The summed E-state index contributed by atoms with van der Waals surface area (Å²) >= 11 is 1.56. The summed E-state index contributed by atoms with van der Waals surface area (Å²) in [7, 11) is -3.74. The first-order valence-corrected chi connectivity index (χ1v) is 12.3. The standard InChI is InChI=1S/C21H26N2O5S2/c1-21(2,3)27-20(24)23-12-16-10-11-18(29-14-15-8-6-5-7-9-15)22-19(16)17(13-23)28-30(4,25)26/h5-11,17H,12-14H2,1-4H3. The predicted molar refractivity (Wildman–Crippen MR) is 116 cm³/mol. The number of fused-ring (bicyclic) bond motifs is 1. The van der Waals surface area contributed by atoms with Crippen LogP contribution in [0.2, 0.25) is 0 Å². The number of rotatable bonds is 5. The van der Waals surface area contributed by atoms with E-state index >= 15 is 0 Å². The molecule has 1 amide bonds. The maximum atomic E-state index is 12.5. The van der Waals surface area contributed by atoms with Gasteiger partial charge in [-0.15, -0.1) is 11.8 Å². The first-order valence-electron chi connectivity index (χ1n) is 9.53. The zero-order chi connectivity index (χ0) is 21.9. The number of pyridine rings is 1. The van der Waals surface area contributed by atoms with E-state index in [1.54, 1.807) is 32.5 Å². The molecule has 1 aliphatic rings. The molecular formula is C21H26N2O5S2. The summed E-state index contributed by atoms with van der Waals surface area (Å²) in [5.74, 6) is 0.744. The molecule has 0 aliphatic carbocycles. The largest absolute Gasteiger partial charge is 0.444 e. The molecule has 2 aromatic rings. The second-order valence-electron chi connectivity index (χ2n) is 8.12. The van der Waals surface area contributed by atoms with Crippen LogP contribution in [0.4, 0.5) is 4.79 Å². The fourth-order valence-corrected chi connectivity index (χ4v) is 4.43. The molecule has 3 rings (SSSR count). The van der Waals surface area contributed by atoms with Gasteiger partial charge in [0.05, 0.1) is 30.1 Å². The van der Waals surface area contributed by atoms with Gasteiger partial charge in [-0.2, -0.15) is 8.42 Å². The van der Waals surface area contributed by atoms with E-state index in [1.165, 1.54) is 10.5 Å². The minimum absolute atomic E-state index is 0.0504. The summed E-state index contributed by atoms with van der Waals surface area (Å²) in [5, 5.41) is 0.769. The van der Waals surface area contributed by atoms with Gasteiger partial charge >= 0.3 is 6.09 Å². The van der Waals surface area contributed by atoms with E-state index in [0.717, 1.165) is 22.6 Å². The summed E-state index contributed by atoms with van der Waals surface area (Å²) < 4.78 is 34.4. The van der Waals surface area contributed by atoms with Crippen LogP contribution in [0, 0.1) is 0 Å². The zero-order valence-electron chi connectivity index (χ0n) is 17.5. The van der Waals surface area contributed by atoms with E-state index in [4.69, 9.17) is 8.92 Å².